The van der Waals surface area contributed by atoms with Gasteiger partial charge in [0.25, 0.3) is 0 Å². The summed E-state index contributed by atoms with van der Waals surface area (Å²) in [7, 11) is 0. The maximum atomic E-state index is 12.4. The molecule has 5 saturated heterocycles. The molecule has 5 fully saturated rings. The van der Waals surface area contributed by atoms with Crippen LogP contribution < -0.4 is 83.1 Å². The number of ether oxygens (including phenoxy) is 10. The Hall–Kier alpha value is -17.1. The van der Waals surface area contributed by atoms with Gasteiger partial charge in [0.1, 0.15) is 80.6 Å². The van der Waals surface area contributed by atoms with Crippen LogP contribution in [-0.2, 0) is 60.2 Å². The molecule has 0 radical (unpaired) electrons. The van der Waals surface area contributed by atoms with Crippen LogP contribution in [0.4, 0.5) is 111 Å². The van der Waals surface area contributed by atoms with Gasteiger partial charge in [0.2, 0.25) is 0 Å². The molecule has 3 aromatic carbocycles. The van der Waals surface area contributed by atoms with Crippen LogP contribution >= 0.6 is 0 Å². The summed E-state index contributed by atoms with van der Waals surface area (Å²) >= 11 is 0. The largest absolute Gasteiger partial charge is 0.440 e. The van der Waals surface area contributed by atoms with Gasteiger partial charge in [0.05, 0.1) is 117 Å². The Morgan fingerprint density at radius 1 is 0.300 bits per heavy atom. The first-order valence-electron chi connectivity index (χ1n) is 49.1. The summed E-state index contributed by atoms with van der Waals surface area (Å²) < 4.78 is 53.8. The predicted octanol–water partition coefficient (Wildman–Crippen LogP) is 17.4. The van der Waals surface area contributed by atoms with Crippen molar-refractivity contribution in [2.45, 2.75) is 149 Å². The van der Waals surface area contributed by atoms with E-state index in [1.54, 1.807) is 61.3 Å². The summed E-state index contributed by atoms with van der Waals surface area (Å²) in [4.78, 5) is 115. The first kappa shape index (κ1) is 103. The van der Waals surface area contributed by atoms with Crippen LogP contribution in [-0.4, -0.2) is 197 Å². The minimum atomic E-state index is -0.618. The van der Waals surface area contributed by atoms with Gasteiger partial charge in [0.15, 0.2) is 5.60 Å². The zero-order chi connectivity index (χ0) is 106. The summed E-state index contributed by atoms with van der Waals surface area (Å²) in [5, 5.41) is 27.9. The summed E-state index contributed by atoms with van der Waals surface area (Å²) in [6, 6.07) is 35.3. The number of amides is 5. The number of rotatable bonds is 15. The van der Waals surface area contributed by atoms with Crippen molar-refractivity contribution in [3.05, 3.63) is 198 Å². The Morgan fingerprint density at radius 3 is 0.773 bits per heavy atom. The van der Waals surface area contributed by atoms with E-state index in [2.05, 4.69) is 111 Å². The molecule has 0 spiro atoms. The summed E-state index contributed by atoms with van der Waals surface area (Å²) in [6.45, 7) is 25.7. The van der Waals surface area contributed by atoms with Gasteiger partial charge < -0.3 is 104 Å². The van der Waals surface area contributed by atoms with Crippen molar-refractivity contribution in [2.24, 2.45) is 0 Å². The number of carbonyl (C=O) groups is 5. The van der Waals surface area contributed by atoms with Crippen LogP contribution in [0.5, 0.6) is 0 Å². The van der Waals surface area contributed by atoms with E-state index in [1.165, 1.54) is 0 Å². The SMILES string of the molecule is Cc1c(-c2cc3cc(NC(=O)O[C@@]4(C)CCOC4)ncc3c(N)n2)cnc2c1NCCC2.Cc1c(-c2cc3cc(NC(=O)O[C@]4(C)CCOC4)ncc3c(N)n2)cnc2c1NCCC2.Cc1c(N)cccc1-c1cc2cc(NC(=O)OC3(C)COC3)ncc2c(N)n1.Cc1c(N)cccc1-c1cc2cc(NC(=O)O[C@@]3(C)CCOC3)ncc2c(N)n1.Cc1c(N)cccc1-c1cc2cc(NC(=O)O[C@]3(C)CCOC3)ncc2c(N)n1. The highest BCUT2D eigenvalue weighted by Gasteiger charge is 2.40. The van der Waals surface area contributed by atoms with Crippen molar-refractivity contribution >= 4 is 171 Å². The minimum absolute atomic E-state index is 0.357. The molecule has 4 atom stereocenters. The molecular formula is C108H119N27O15. The molecule has 12 aromatic heterocycles. The number of pyridine rings is 12. The van der Waals surface area contributed by atoms with E-state index < -0.39 is 58.5 Å². The Morgan fingerprint density at radius 2 is 0.540 bits per heavy atom. The van der Waals surface area contributed by atoms with E-state index in [0.717, 1.165) is 155 Å². The van der Waals surface area contributed by atoms with E-state index in [0.29, 0.717) is 211 Å². The molecule has 19 heterocycles. The second-order valence-corrected chi connectivity index (χ2v) is 39.3. The number of benzene rings is 3. The summed E-state index contributed by atoms with van der Waals surface area (Å²) in [5.74, 6) is 3.67. The minimum Gasteiger partial charge on any atom is -0.440 e. The number of hydrogen-bond acceptors (Lipinski definition) is 37. The summed E-state index contributed by atoms with van der Waals surface area (Å²) in [6.07, 6.45) is 15.6. The number of carbonyl (C=O) groups excluding carboxylic acids is 5. The highest BCUT2D eigenvalue weighted by atomic mass is 16.6. The molecule has 7 aliphatic rings. The van der Waals surface area contributed by atoms with E-state index >= 15 is 0 Å². The predicted molar refractivity (Wildman–Crippen MR) is 578 cm³/mol. The smallest absolute Gasteiger partial charge is 0.413 e. The maximum Gasteiger partial charge on any atom is 0.413 e. The molecule has 776 valence electrons. The number of nitrogens with zero attached hydrogens (tertiary/aromatic N) is 12. The van der Waals surface area contributed by atoms with Gasteiger partial charge in [-0.3, -0.25) is 36.6 Å². The molecule has 42 heteroatoms. The highest BCUT2D eigenvalue weighted by molar-refractivity contribution is 6.02. The van der Waals surface area contributed by atoms with E-state index in [-0.39, 0.29) is 0 Å². The van der Waals surface area contributed by atoms with Crippen LogP contribution in [0.2, 0.25) is 0 Å². The number of fused-ring (bicyclic) bond motifs is 7. The van der Waals surface area contributed by atoms with Crippen molar-refractivity contribution in [1.82, 2.24) is 59.8 Å². The summed E-state index contributed by atoms with van der Waals surface area (Å²) in [5.41, 5.74) is 65.4. The zero-order valence-corrected chi connectivity index (χ0v) is 84.8. The number of aryl methyl sites for hydroxylation is 2. The second-order valence-electron chi connectivity index (χ2n) is 39.3. The van der Waals surface area contributed by atoms with Crippen molar-refractivity contribution in [1.29, 1.82) is 0 Å². The van der Waals surface area contributed by atoms with Gasteiger partial charge in [-0.1, -0.05) is 36.4 Å². The molecular weight excluding hydrogens is 1920 g/mol. The van der Waals surface area contributed by atoms with Crippen molar-refractivity contribution in [3.63, 3.8) is 0 Å². The van der Waals surface area contributed by atoms with Gasteiger partial charge >= 0.3 is 30.5 Å². The fourth-order valence-corrected chi connectivity index (χ4v) is 18.4. The van der Waals surface area contributed by atoms with Crippen LogP contribution in [0.25, 0.3) is 110 Å². The van der Waals surface area contributed by atoms with Crippen molar-refractivity contribution < 1.29 is 71.3 Å². The van der Waals surface area contributed by atoms with Gasteiger partial charge in [-0.25, -0.2) is 73.8 Å². The van der Waals surface area contributed by atoms with Gasteiger partial charge in [-0.15, -0.1) is 0 Å². The molecule has 15 aromatic rings. The highest BCUT2D eigenvalue weighted by Crippen LogP contribution is 2.42. The van der Waals surface area contributed by atoms with Gasteiger partial charge in [0, 0.05) is 154 Å². The molecule has 7 aliphatic heterocycles. The maximum absolute atomic E-state index is 12.4. The standard InChI is InChI=1S/2C23H26N6O3.2C21H23N5O3.C20H21N5O3/c2*1-13-15(10-26-17-4-3-6-25-20(13)17)18-8-14-9-19(27-11-16(14)21(24)28-18)29-22(30)32-23(2)5-7-31-12-23;2*1-12-14(4-3-5-16(12)22)17-8-13-9-18(24-10-15(13)19(23)25-17)26-20(27)29-21(2)6-7-28-11-21;1-11-13(4-3-5-15(11)21)16-6-12-7-17(23-8-14(12)18(22)24-16)25-19(26)28-20(2)9-27-10-20/h2*8-11,25H,3-7,12H2,1-2H3,(H2,24,28)(H,27,29,30);2*3-5,8-10H,6-7,11,22H2,1-2H3,(H2,23,25)(H,24,26,27);3-8H,9-10,21H2,1-2H3,(H2,22,24)(H,23,25,26)/t2*23-;2*21-;/m1010./s1. The first-order chi connectivity index (χ1) is 71.9. The van der Waals surface area contributed by atoms with E-state index in [4.69, 9.17) is 93.2 Å². The Labute approximate surface area is 862 Å². The van der Waals surface area contributed by atoms with Crippen molar-refractivity contribution in [2.75, 3.05) is 162 Å². The third-order valence-electron chi connectivity index (χ3n) is 27.2. The van der Waals surface area contributed by atoms with Crippen LogP contribution in [0.15, 0.2) is 159 Å². The number of aromatic nitrogens is 12. The Kier molecular flexibility index (Phi) is 29.6. The number of nitrogens with two attached hydrogens (primary N) is 8. The third kappa shape index (κ3) is 23.5. The number of nitrogen functional groups attached to an aromatic ring is 8. The van der Waals surface area contributed by atoms with Crippen molar-refractivity contribution in [3.8, 4) is 56.3 Å². The average Bonchev–Trinajstić information content (AvgIpc) is 1.41. The molecule has 22 rings (SSSR count). The molecule has 42 nitrogen and oxygen atoms in total. The number of hydrogen-bond donors (Lipinski definition) is 15. The quantitative estimate of drug-likeness (QED) is 0.0335. The molecule has 23 N–H and O–H groups in total. The first-order valence-corrected chi connectivity index (χ1v) is 49.1. The van der Waals surface area contributed by atoms with E-state index in [1.807, 2.05) is 153 Å². The normalized spacial score (nSPS) is 18.5. The van der Waals surface area contributed by atoms with Gasteiger partial charge in [-0.2, -0.15) is 0 Å². The fraction of sp³-hybridized carbons (Fsp3) is 0.324. The molecule has 0 unspecified atom stereocenters. The second kappa shape index (κ2) is 43.1. The third-order valence-corrected chi connectivity index (χ3v) is 27.2. The lowest BCUT2D eigenvalue weighted by molar-refractivity contribution is -0.164. The van der Waals surface area contributed by atoms with Crippen LogP contribution in [0.3, 0.4) is 0 Å². The molecule has 5 amide bonds. The van der Waals surface area contributed by atoms with E-state index in [9.17, 15) is 24.0 Å². The lowest BCUT2D eigenvalue weighted by Crippen LogP contribution is -2.51. The number of nitrogens with one attached hydrogen (secondary N) is 7. The molecule has 0 saturated carbocycles. The van der Waals surface area contributed by atoms with Crippen LogP contribution in [0, 0.1) is 34.6 Å². The molecule has 150 heavy (non-hydrogen) atoms. The Bertz CT molecular complexity index is 7400. The Balaban J connectivity index is 0.000000122. The number of anilines is 15. The molecule has 0 bridgehead atoms. The average molecular weight is 2040 g/mol. The zero-order valence-electron chi connectivity index (χ0n) is 84.8. The van der Waals surface area contributed by atoms with Crippen LogP contribution in [0.1, 0.15) is 112 Å². The fourth-order valence-electron chi connectivity index (χ4n) is 18.4. The van der Waals surface area contributed by atoms with Gasteiger partial charge in [-0.05, 0) is 229 Å². The lowest BCUT2D eigenvalue weighted by Gasteiger charge is -2.36. The monoisotopic (exact) mass is 2030 g/mol. The molecule has 0 aliphatic carbocycles. The lowest BCUT2D eigenvalue weighted by atomic mass is 9.99. The topological polar surface area (TPSA) is 625 Å².